The summed E-state index contributed by atoms with van der Waals surface area (Å²) >= 11 is 7.60. The van der Waals surface area contributed by atoms with E-state index >= 15 is 0 Å². The minimum atomic E-state index is -0.257. The van der Waals surface area contributed by atoms with E-state index in [9.17, 15) is 9.59 Å². The number of hydrogen-bond donors (Lipinski definition) is 1. The van der Waals surface area contributed by atoms with Crippen molar-refractivity contribution in [1.82, 2.24) is 4.90 Å². The van der Waals surface area contributed by atoms with Crippen LogP contribution in [0.15, 0.2) is 64.4 Å². The third-order valence-electron chi connectivity index (χ3n) is 5.05. The number of furan rings is 1. The maximum atomic E-state index is 13.1. The fourth-order valence-electron chi connectivity index (χ4n) is 3.48. The summed E-state index contributed by atoms with van der Waals surface area (Å²) < 4.78 is 5.95. The molecule has 2 amide bonds. The van der Waals surface area contributed by atoms with Crippen molar-refractivity contribution in [3.8, 4) is 0 Å². The number of aryl methyl sites for hydroxylation is 1. The molecule has 0 radical (unpaired) electrons. The predicted octanol–water partition coefficient (Wildman–Crippen LogP) is 6.23. The van der Waals surface area contributed by atoms with Crippen molar-refractivity contribution in [2.75, 3.05) is 12.4 Å². The number of anilines is 1. The Balaban J connectivity index is 1.56. The second kappa shape index (κ2) is 8.96. The monoisotopic (exact) mass is 452 g/mol. The third-order valence-corrected chi connectivity index (χ3v) is 6.25. The Morgan fingerprint density at radius 3 is 2.68 bits per heavy atom. The van der Waals surface area contributed by atoms with Crippen molar-refractivity contribution >= 4 is 51.4 Å². The zero-order valence-corrected chi connectivity index (χ0v) is 18.7. The largest absolute Gasteiger partial charge is 0.461 e. The van der Waals surface area contributed by atoms with E-state index in [0.29, 0.717) is 27.7 Å². The van der Waals surface area contributed by atoms with E-state index in [0.717, 1.165) is 28.7 Å². The summed E-state index contributed by atoms with van der Waals surface area (Å²) in [6, 6.07) is 16.3. The van der Waals surface area contributed by atoms with Crippen molar-refractivity contribution < 1.29 is 14.0 Å². The molecular formula is C24H21ClN2O3S. The van der Waals surface area contributed by atoms with Crippen LogP contribution in [0, 0.1) is 0 Å². The van der Waals surface area contributed by atoms with Crippen LogP contribution in [0.1, 0.15) is 38.3 Å². The first-order valence-corrected chi connectivity index (χ1v) is 11.1. The van der Waals surface area contributed by atoms with Gasteiger partial charge in [0.1, 0.15) is 11.3 Å². The normalized spacial score (nSPS) is 10.9. The number of carbonyl (C=O) groups excluding carboxylic acids is 2. The molecule has 31 heavy (non-hydrogen) atoms. The number of fused-ring (bicyclic) bond motifs is 1. The SMILES string of the molecule is CCc1oc2ccccc2c1CN(C)C(=O)c1ccc(Cl)c(NC(=O)c2cccs2)c1. The van der Waals surface area contributed by atoms with Gasteiger partial charge in [-0.3, -0.25) is 9.59 Å². The number of nitrogens with one attached hydrogen (secondary N) is 1. The van der Waals surface area contributed by atoms with Crippen LogP contribution in [0.3, 0.4) is 0 Å². The lowest BCUT2D eigenvalue weighted by atomic mass is 10.1. The molecule has 2 aromatic heterocycles. The number of amides is 2. The molecule has 0 unspecified atom stereocenters. The highest BCUT2D eigenvalue weighted by atomic mass is 35.5. The number of benzene rings is 2. The van der Waals surface area contributed by atoms with Gasteiger partial charge in [0.15, 0.2) is 0 Å². The number of thiophene rings is 1. The van der Waals surface area contributed by atoms with E-state index in [1.807, 2.05) is 36.6 Å². The van der Waals surface area contributed by atoms with Gasteiger partial charge in [-0.15, -0.1) is 11.3 Å². The Hall–Kier alpha value is -3.09. The third kappa shape index (κ3) is 4.36. The number of halogens is 1. The molecule has 0 saturated carbocycles. The van der Waals surface area contributed by atoms with E-state index in [-0.39, 0.29) is 11.8 Å². The molecule has 0 aliphatic rings. The van der Waals surface area contributed by atoms with Crippen molar-refractivity contribution in [3.63, 3.8) is 0 Å². The molecule has 0 aliphatic carbocycles. The molecule has 0 spiro atoms. The van der Waals surface area contributed by atoms with Crippen LogP contribution in [-0.4, -0.2) is 23.8 Å². The summed E-state index contributed by atoms with van der Waals surface area (Å²) in [5.41, 5.74) is 2.68. The molecule has 0 aliphatic heterocycles. The summed E-state index contributed by atoms with van der Waals surface area (Å²) in [4.78, 5) is 27.7. The van der Waals surface area contributed by atoms with Gasteiger partial charge in [0, 0.05) is 36.5 Å². The van der Waals surface area contributed by atoms with Crippen LogP contribution in [0.25, 0.3) is 11.0 Å². The van der Waals surface area contributed by atoms with Gasteiger partial charge in [-0.25, -0.2) is 0 Å². The quantitative estimate of drug-likeness (QED) is 0.377. The van der Waals surface area contributed by atoms with E-state index < -0.39 is 0 Å². The summed E-state index contributed by atoms with van der Waals surface area (Å²) in [5.74, 6) is 0.448. The van der Waals surface area contributed by atoms with Gasteiger partial charge in [-0.2, -0.15) is 0 Å². The first-order chi connectivity index (χ1) is 15.0. The van der Waals surface area contributed by atoms with E-state index in [1.165, 1.54) is 11.3 Å². The van der Waals surface area contributed by atoms with Crippen molar-refractivity contribution in [2.45, 2.75) is 19.9 Å². The Bertz CT molecular complexity index is 1250. The van der Waals surface area contributed by atoms with Gasteiger partial charge in [-0.1, -0.05) is 42.8 Å². The van der Waals surface area contributed by atoms with E-state index in [4.69, 9.17) is 16.0 Å². The Kier molecular flexibility index (Phi) is 6.11. The molecule has 158 valence electrons. The van der Waals surface area contributed by atoms with Crippen molar-refractivity contribution in [3.05, 3.63) is 86.8 Å². The van der Waals surface area contributed by atoms with Crippen LogP contribution >= 0.6 is 22.9 Å². The van der Waals surface area contributed by atoms with Crippen molar-refractivity contribution in [1.29, 1.82) is 0 Å². The van der Waals surface area contributed by atoms with E-state index in [2.05, 4.69) is 5.32 Å². The first-order valence-electron chi connectivity index (χ1n) is 9.87. The van der Waals surface area contributed by atoms with Crippen LogP contribution in [-0.2, 0) is 13.0 Å². The lowest BCUT2D eigenvalue weighted by molar-refractivity contribution is 0.0784. The highest BCUT2D eigenvalue weighted by Gasteiger charge is 2.19. The summed E-state index contributed by atoms with van der Waals surface area (Å²) in [6.07, 6.45) is 0.742. The average Bonchev–Trinajstić information content (AvgIpc) is 3.43. The lowest BCUT2D eigenvalue weighted by Gasteiger charge is -2.18. The molecule has 0 saturated heterocycles. The van der Waals surface area contributed by atoms with Gasteiger partial charge in [-0.05, 0) is 35.7 Å². The molecule has 5 nitrogen and oxygen atoms in total. The van der Waals surface area contributed by atoms with Gasteiger partial charge in [0.05, 0.1) is 15.6 Å². The average molecular weight is 453 g/mol. The maximum Gasteiger partial charge on any atom is 0.265 e. The number of nitrogens with zero attached hydrogens (tertiary/aromatic N) is 1. The molecule has 4 rings (SSSR count). The zero-order valence-electron chi connectivity index (χ0n) is 17.1. The molecule has 4 aromatic rings. The summed E-state index contributed by atoms with van der Waals surface area (Å²) in [5, 5.41) is 6.00. The van der Waals surface area contributed by atoms with Gasteiger partial charge < -0.3 is 14.6 Å². The molecular weight excluding hydrogens is 432 g/mol. The molecule has 0 fully saturated rings. The minimum Gasteiger partial charge on any atom is -0.461 e. The summed E-state index contributed by atoms with van der Waals surface area (Å²) in [7, 11) is 1.75. The van der Waals surface area contributed by atoms with Gasteiger partial charge in [0.2, 0.25) is 0 Å². The second-order valence-electron chi connectivity index (χ2n) is 7.14. The molecule has 0 atom stereocenters. The Morgan fingerprint density at radius 1 is 1.13 bits per heavy atom. The maximum absolute atomic E-state index is 13.1. The van der Waals surface area contributed by atoms with Crippen LogP contribution in [0.5, 0.6) is 0 Å². The highest BCUT2D eigenvalue weighted by molar-refractivity contribution is 7.12. The second-order valence-corrected chi connectivity index (χ2v) is 8.50. The minimum absolute atomic E-state index is 0.171. The van der Waals surface area contributed by atoms with Crippen LogP contribution < -0.4 is 5.32 Å². The van der Waals surface area contributed by atoms with Crippen molar-refractivity contribution in [2.24, 2.45) is 0 Å². The number of carbonyl (C=O) groups is 2. The zero-order chi connectivity index (χ0) is 22.0. The van der Waals surface area contributed by atoms with Crippen LogP contribution in [0.2, 0.25) is 5.02 Å². The molecule has 7 heteroatoms. The fourth-order valence-corrected chi connectivity index (χ4v) is 4.27. The topological polar surface area (TPSA) is 62.6 Å². The van der Waals surface area contributed by atoms with E-state index in [1.54, 1.807) is 42.3 Å². The molecule has 2 heterocycles. The number of rotatable bonds is 6. The first kappa shape index (κ1) is 21.2. The van der Waals surface area contributed by atoms with Gasteiger partial charge in [0.25, 0.3) is 11.8 Å². The number of hydrogen-bond acceptors (Lipinski definition) is 4. The number of para-hydroxylation sites is 1. The fraction of sp³-hybridized carbons (Fsp3) is 0.167. The molecule has 1 N–H and O–H groups in total. The summed E-state index contributed by atoms with van der Waals surface area (Å²) in [6.45, 7) is 2.45. The van der Waals surface area contributed by atoms with Crippen LogP contribution in [0.4, 0.5) is 5.69 Å². The molecule has 0 bridgehead atoms. The predicted molar refractivity (Wildman–Crippen MR) is 125 cm³/mol. The Morgan fingerprint density at radius 2 is 1.94 bits per heavy atom. The lowest BCUT2D eigenvalue weighted by Crippen LogP contribution is -2.26. The Labute approximate surface area is 189 Å². The smallest absolute Gasteiger partial charge is 0.265 e. The molecule has 2 aromatic carbocycles. The highest BCUT2D eigenvalue weighted by Crippen LogP contribution is 2.29. The standard InChI is InChI=1S/C24H21ClN2O3S/c1-3-20-17(16-7-4-5-8-21(16)30-20)14-27(2)24(29)15-10-11-18(25)19(13-15)26-23(28)22-9-6-12-31-22/h4-13H,3,14H2,1-2H3,(H,26,28). The van der Waals surface area contributed by atoms with Gasteiger partial charge >= 0.3 is 0 Å².